The number of carbonyl (C=O) groups is 2. The Labute approximate surface area is 116 Å². The lowest BCUT2D eigenvalue weighted by Crippen LogP contribution is -2.48. The summed E-state index contributed by atoms with van der Waals surface area (Å²) in [6.07, 6.45) is 0. The Morgan fingerprint density at radius 1 is 1.53 bits per heavy atom. The van der Waals surface area contributed by atoms with Crippen molar-refractivity contribution in [3.8, 4) is 0 Å². The third kappa shape index (κ3) is 3.27. The van der Waals surface area contributed by atoms with Gasteiger partial charge in [0.05, 0.1) is 11.4 Å². The van der Waals surface area contributed by atoms with E-state index < -0.39 is 5.54 Å². The fraction of sp³-hybridized carbons (Fsp3) is 0.385. The summed E-state index contributed by atoms with van der Waals surface area (Å²) in [6.45, 7) is 4.08. The Bertz CT molecular complexity index is 529. The predicted octanol–water partition coefficient (Wildman–Crippen LogP) is 1.20. The third-order valence-corrected chi connectivity index (χ3v) is 3.91. The molecule has 5 nitrogen and oxygen atoms in total. The molecule has 0 aromatic heterocycles. The predicted molar refractivity (Wildman–Crippen MR) is 76.4 cm³/mol. The van der Waals surface area contributed by atoms with Crippen molar-refractivity contribution < 1.29 is 9.59 Å². The SMILES string of the molecule is CC(C)(CN)NC(=O)c1ccc2c(c1)NC(=O)CS2. The molecule has 1 heterocycles. The van der Waals surface area contributed by atoms with Gasteiger partial charge in [0.1, 0.15) is 0 Å². The van der Waals surface area contributed by atoms with Gasteiger partial charge in [-0.3, -0.25) is 9.59 Å². The first-order valence-electron chi connectivity index (χ1n) is 6.00. The van der Waals surface area contributed by atoms with E-state index in [4.69, 9.17) is 5.73 Å². The first kappa shape index (κ1) is 13.9. The quantitative estimate of drug-likeness (QED) is 0.776. The van der Waals surface area contributed by atoms with E-state index in [-0.39, 0.29) is 11.8 Å². The molecule has 4 N–H and O–H groups in total. The summed E-state index contributed by atoms with van der Waals surface area (Å²) in [6, 6.07) is 5.30. The summed E-state index contributed by atoms with van der Waals surface area (Å²) in [5.41, 5.74) is 6.34. The van der Waals surface area contributed by atoms with Crippen LogP contribution in [0.25, 0.3) is 0 Å². The first-order chi connectivity index (χ1) is 8.91. The van der Waals surface area contributed by atoms with Gasteiger partial charge in [-0.1, -0.05) is 0 Å². The van der Waals surface area contributed by atoms with Crippen LogP contribution in [-0.4, -0.2) is 29.7 Å². The van der Waals surface area contributed by atoms with Crippen LogP contribution in [0.5, 0.6) is 0 Å². The molecule has 19 heavy (non-hydrogen) atoms. The molecule has 1 aliphatic heterocycles. The molecule has 0 radical (unpaired) electrons. The van der Waals surface area contributed by atoms with Gasteiger partial charge in [0.15, 0.2) is 0 Å². The van der Waals surface area contributed by atoms with E-state index in [1.54, 1.807) is 12.1 Å². The number of hydrogen-bond donors (Lipinski definition) is 3. The van der Waals surface area contributed by atoms with Crippen molar-refractivity contribution in [2.24, 2.45) is 5.73 Å². The van der Waals surface area contributed by atoms with E-state index in [2.05, 4.69) is 10.6 Å². The molecule has 0 aliphatic carbocycles. The molecule has 0 saturated heterocycles. The van der Waals surface area contributed by atoms with Crippen molar-refractivity contribution in [2.45, 2.75) is 24.3 Å². The van der Waals surface area contributed by atoms with Crippen molar-refractivity contribution in [3.05, 3.63) is 23.8 Å². The Morgan fingerprint density at radius 2 is 2.26 bits per heavy atom. The monoisotopic (exact) mass is 279 g/mol. The molecule has 6 heteroatoms. The zero-order valence-corrected chi connectivity index (χ0v) is 11.8. The standard InChI is InChI=1S/C13H17N3O2S/c1-13(2,7-14)16-12(18)8-3-4-10-9(5-8)15-11(17)6-19-10/h3-5H,6-7,14H2,1-2H3,(H,15,17)(H,16,18). The summed E-state index contributed by atoms with van der Waals surface area (Å²) >= 11 is 1.47. The van der Waals surface area contributed by atoms with Crippen LogP contribution in [0.2, 0.25) is 0 Å². The van der Waals surface area contributed by atoms with Crippen molar-refractivity contribution in [3.63, 3.8) is 0 Å². The summed E-state index contributed by atoms with van der Waals surface area (Å²) < 4.78 is 0. The number of thioether (sulfide) groups is 1. The van der Waals surface area contributed by atoms with Crippen LogP contribution in [0.3, 0.4) is 0 Å². The fourth-order valence-corrected chi connectivity index (χ4v) is 2.44. The van der Waals surface area contributed by atoms with Crippen molar-refractivity contribution in [1.82, 2.24) is 5.32 Å². The summed E-state index contributed by atoms with van der Waals surface area (Å²) in [5.74, 6) is 0.180. The lowest BCUT2D eigenvalue weighted by Gasteiger charge is -2.24. The minimum atomic E-state index is -0.453. The fourth-order valence-electron chi connectivity index (χ4n) is 1.65. The highest BCUT2D eigenvalue weighted by Crippen LogP contribution is 2.31. The summed E-state index contributed by atoms with van der Waals surface area (Å²) in [5, 5.41) is 5.62. The van der Waals surface area contributed by atoms with Gasteiger partial charge in [0.25, 0.3) is 5.91 Å². The van der Waals surface area contributed by atoms with Crippen LogP contribution in [-0.2, 0) is 4.79 Å². The Balaban J connectivity index is 2.20. The second kappa shape index (κ2) is 5.22. The first-order valence-corrected chi connectivity index (χ1v) is 6.99. The number of fused-ring (bicyclic) bond motifs is 1. The molecule has 1 aromatic carbocycles. The normalized spacial score (nSPS) is 14.6. The Hall–Kier alpha value is -1.53. The maximum Gasteiger partial charge on any atom is 0.251 e. The summed E-state index contributed by atoms with van der Waals surface area (Å²) in [4.78, 5) is 24.4. The molecule has 1 aromatic rings. The molecule has 102 valence electrons. The number of nitrogens with two attached hydrogens (primary N) is 1. The topological polar surface area (TPSA) is 84.2 Å². The van der Waals surface area contributed by atoms with Gasteiger partial charge >= 0.3 is 0 Å². The third-order valence-electron chi connectivity index (χ3n) is 2.84. The lowest BCUT2D eigenvalue weighted by molar-refractivity contribution is -0.113. The number of benzene rings is 1. The number of amides is 2. The van der Waals surface area contributed by atoms with Gasteiger partial charge in [0, 0.05) is 22.5 Å². The average Bonchev–Trinajstić information content (AvgIpc) is 2.37. The molecule has 2 rings (SSSR count). The molecule has 2 amide bonds. The Kier molecular flexibility index (Phi) is 3.82. The zero-order valence-electron chi connectivity index (χ0n) is 10.9. The van der Waals surface area contributed by atoms with Crippen molar-refractivity contribution in [2.75, 3.05) is 17.6 Å². The number of nitrogens with one attached hydrogen (secondary N) is 2. The largest absolute Gasteiger partial charge is 0.346 e. The highest BCUT2D eigenvalue weighted by Gasteiger charge is 2.21. The van der Waals surface area contributed by atoms with Crippen LogP contribution in [0.15, 0.2) is 23.1 Å². The second-order valence-corrected chi connectivity index (χ2v) is 6.11. The smallest absolute Gasteiger partial charge is 0.251 e. The van der Waals surface area contributed by atoms with E-state index in [0.29, 0.717) is 23.5 Å². The molecule has 0 spiro atoms. The van der Waals surface area contributed by atoms with Gasteiger partial charge < -0.3 is 16.4 Å². The maximum atomic E-state index is 12.1. The molecule has 0 bridgehead atoms. The van der Waals surface area contributed by atoms with E-state index >= 15 is 0 Å². The van der Waals surface area contributed by atoms with Crippen LogP contribution in [0, 0.1) is 0 Å². The number of carbonyl (C=O) groups excluding carboxylic acids is 2. The van der Waals surface area contributed by atoms with Crippen LogP contribution in [0.4, 0.5) is 5.69 Å². The van der Waals surface area contributed by atoms with Gasteiger partial charge in [-0.25, -0.2) is 0 Å². The Morgan fingerprint density at radius 3 is 2.95 bits per heavy atom. The van der Waals surface area contributed by atoms with Gasteiger partial charge in [-0.05, 0) is 32.0 Å². The molecular formula is C13H17N3O2S. The molecule has 0 fully saturated rings. The molecule has 1 aliphatic rings. The van der Waals surface area contributed by atoms with Crippen LogP contribution >= 0.6 is 11.8 Å². The van der Waals surface area contributed by atoms with E-state index in [1.165, 1.54) is 11.8 Å². The molecule has 0 atom stereocenters. The molecule has 0 saturated carbocycles. The number of rotatable bonds is 3. The molecular weight excluding hydrogens is 262 g/mol. The maximum absolute atomic E-state index is 12.1. The van der Waals surface area contributed by atoms with Gasteiger partial charge in [-0.15, -0.1) is 11.8 Å². The highest BCUT2D eigenvalue weighted by molar-refractivity contribution is 8.00. The zero-order chi connectivity index (χ0) is 14.0. The minimum Gasteiger partial charge on any atom is -0.346 e. The van der Waals surface area contributed by atoms with Crippen molar-refractivity contribution >= 4 is 29.3 Å². The van der Waals surface area contributed by atoms with E-state index in [1.807, 2.05) is 19.9 Å². The average molecular weight is 279 g/mol. The van der Waals surface area contributed by atoms with Crippen molar-refractivity contribution in [1.29, 1.82) is 0 Å². The molecule has 0 unspecified atom stereocenters. The van der Waals surface area contributed by atoms with Crippen LogP contribution in [0.1, 0.15) is 24.2 Å². The second-order valence-electron chi connectivity index (χ2n) is 5.09. The van der Waals surface area contributed by atoms with Gasteiger partial charge in [-0.2, -0.15) is 0 Å². The number of hydrogen-bond acceptors (Lipinski definition) is 4. The summed E-state index contributed by atoms with van der Waals surface area (Å²) in [7, 11) is 0. The van der Waals surface area contributed by atoms with Gasteiger partial charge in [0.2, 0.25) is 5.91 Å². The van der Waals surface area contributed by atoms with E-state index in [0.717, 1.165) is 4.90 Å². The number of anilines is 1. The lowest BCUT2D eigenvalue weighted by atomic mass is 10.0. The van der Waals surface area contributed by atoms with E-state index in [9.17, 15) is 9.59 Å². The van der Waals surface area contributed by atoms with Crippen LogP contribution < -0.4 is 16.4 Å². The highest BCUT2D eigenvalue weighted by atomic mass is 32.2. The minimum absolute atomic E-state index is 0.0441.